The van der Waals surface area contributed by atoms with Crippen molar-refractivity contribution in [3.63, 3.8) is 0 Å². The first-order chi connectivity index (χ1) is 10.5. The van der Waals surface area contributed by atoms with Crippen LogP contribution in [0.25, 0.3) is 11.1 Å². The fourth-order valence-corrected chi connectivity index (χ4v) is 2.70. The maximum atomic E-state index is 12.1. The fourth-order valence-electron chi connectivity index (χ4n) is 1.78. The van der Waals surface area contributed by atoms with Crippen LogP contribution in [0.2, 0.25) is 5.02 Å². The highest BCUT2D eigenvalue weighted by atomic mass is 35.5. The van der Waals surface area contributed by atoms with Crippen LogP contribution in [0.1, 0.15) is 12.6 Å². The second-order valence-corrected chi connectivity index (χ2v) is 6.40. The van der Waals surface area contributed by atoms with Gasteiger partial charge in [-0.15, -0.1) is 0 Å². The molecular weight excluding hydrogens is 326 g/mol. The summed E-state index contributed by atoms with van der Waals surface area (Å²) in [5.74, 6) is 0.0979. The summed E-state index contributed by atoms with van der Waals surface area (Å²) in [4.78, 5) is 16.4. The number of carbonyl (C=O) groups excluding carboxylic acids is 1. The molecule has 1 unspecified atom stereocenters. The molecule has 1 N–H and O–H groups in total. The molecule has 0 aliphatic heterocycles. The number of oxazole rings is 1. The van der Waals surface area contributed by atoms with Crippen LogP contribution >= 0.6 is 23.4 Å². The lowest BCUT2D eigenvalue weighted by atomic mass is 10.3. The number of nitrogens with one attached hydrogen (secondary N) is 1. The fraction of sp³-hybridized carbons (Fsp3) is 0.214. The summed E-state index contributed by atoms with van der Waals surface area (Å²) in [7, 11) is 0. The molecule has 1 aromatic carbocycles. The van der Waals surface area contributed by atoms with Gasteiger partial charge in [0.25, 0.3) is 5.22 Å². The van der Waals surface area contributed by atoms with Gasteiger partial charge in [0.15, 0.2) is 5.58 Å². The molecule has 8 heteroatoms. The van der Waals surface area contributed by atoms with Gasteiger partial charge in [-0.1, -0.05) is 28.5 Å². The molecule has 22 heavy (non-hydrogen) atoms. The van der Waals surface area contributed by atoms with Gasteiger partial charge in [-0.3, -0.25) is 10.1 Å². The van der Waals surface area contributed by atoms with Gasteiger partial charge >= 0.3 is 0 Å². The Morgan fingerprint density at radius 1 is 1.41 bits per heavy atom. The van der Waals surface area contributed by atoms with E-state index < -0.39 is 5.25 Å². The van der Waals surface area contributed by atoms with Crippen molar-refractivity contribution in [1.29, 1.82) is 0 Å². The number of rotatable bonds is 4. The lowest BCUT2D eigenvalue weighted by Gasteiger charge is -2.06. The number of fused-ring (bicyclic) bond motifs is 1. The minimum atomic E-state index is -0.408. The normalized spacial score (nSPS) is 12.5. The van der Waals surface area contributed by atoms with E-state index in [0.29, 0.717) is 32.9 Å². The first kappa shape index (κ1) is 14.9. The third kappa shape index (κ3) is 3.26. The molecule has 1 atom stereocenters. The Hall–Kier alpha value is -1.99. The standard InChI is InChI=1S/C14H12ClN3O3S/c1-7-5-12(21-18-7)17-13(19)8(2)22-14-16-10-6-9(15)3-4-11(10)20-14/h3-6,8H,1-2H3,(H,17,19). The first-order valence-corrected chi connectivity index (χ1v) is 7.74. The predicted octanol–water partition coefficient (Wildman–Crippen LogP) is 3.90. The topological polar surface area (TPSA) is 81.2 Å². The van der Waals surface area contributed by atoms with Crippen LogP contribution in [0.5, 0.6) is 0 Å². The Balaban J connectivity index is 1.69. The van der Waals surface area contributed by atoms with E-state index in [-0.39, 0.29) is 5.91 Å². The van der Waals surface area contributed by atoms with Crippen molar-refractivity contribution in [3.8, 4) is 0 Å². The second kappa shape index (κ2) is 6.02. The zero-order chi connectivity index (χ0) is 15.7. The molecule has 0 saturated carbocycles. The third-order valence-corrected chi connectivity index (χ3v) is 4.03. The van der Waals surface area contributed by atoms with E-state index in [1.54, 1.807) is 38.1 Å². The van der Waals surface area contributed by atoms with Crippen molar-refractivity contribution in [2.24, 2.45) is 0 Å². The van der Waals surface area contributed by atoms with Gasteiger partial charge in [-0.25, -0.2) is 4.98 Å². The van der Waals surface area contributed by atoms with Gasteiger partial charge in [0, 0.05) is 11.1 Å². The Morgan fingerprint density at radius 3 is 2.95 bits per heavy atom. The van der Waals surface area contributed by atoms with E-state index >= 15 is 0 Å². The van der Waals surface area contributed by atoms with E-state index in [0.717, 1.165) is 0 Å². The highest BCUT2D eigenvalue weighted by molar-refractivity contribution is 8.00. The summed E-state index contributed by atoms with van der Waals surface area (Å²) in [6.45, 7) is 3.53. The van der Waals surface area contributed by atoms with Gasteiger partial charge in [0.05, 0.1) is 10.9 Å². The summed E-state index contributed by atoms with van der Waals surface area (Å²) >= 11 is 7.12. The van der Waals surface area contributed by atoms with Crippen molar-refractivity contribution in [2.75, 3.05) is 5.32 Å². The molecular formula is C14H12ClN3O3S. The highest BCUT2D eigenvalue weighted by Gasteiger charge is 2.19. The molecule has 3 aromatic rings. The molecule has 2 aromatic heterocycles. The van der Waals surface area contributed by atoms with Crippen LogP contribution in [0.15, 0.2) is 38.4 Å². The summed E-state index contributed by atoms with van der Waals surface area (Å²) in [5, 5.41) is 6.95. The molecule has 0 aliphatic carbocycles. The summed E-state index contributed by atoms with van der Waals surface area (Å²) in [6, 6.07) is 6.84. The Kier molecular flexibility index (Phi) is 4.08. The highest BCUT2D eigenvalue weighted by Crippen LogP contribution is 2.28. The SMILES string of the molecule is Cc1cc(NC(=O)C(C)Sc2nc3cc(Cl)ccc3o2)on1. The van der Waals surface area contributed by atoms with E-state index in [2.05, 4.69) is 15.5 Å². The average Bonchev–Trinajstić information content (AvgIpc) is 3.04. The Bertz CT molecular complexity index is 830. The quantitative estimate of drug-likeness (QED) is 0.727. The monoisotopic (exact) mass is 337 g/mol. The van der Waals surface area contributed by atoms with Crippen LogP contribution in [-0.4, -0.2) is 21.3 Å². The lowest BCUT2D eigenvalue weighted by Crippen LogP contribution is -2.22. The summed E-state index contributed by atoms with van der Waals surface area (Å²) < 4.78 is 10.5. The minimum absolute atomic E-state index is 0.221. The van der Waals surface area contributed by atoms with E-state index in [9.17, 15) is 4.79 Å². The number of carbonyl (C=O) groups is 1. The largest absolute Gasteiger partial charge is 0.431 e. The maximum Gasteiger partial charge on any atom is 0.257 e. The minimum Gasteiger partial charge on any atom is -0.431 e. The molecule has 2 heterocycles. The van der Waals surface area contributed by atoms with Crippen molar-refractivity contribution in [2.45, 2.75) is 24.3 Å². The van der Waals surface area contributed by atoms with Crippen LogP contribution in [0.4, 0.5) is 5.88 Å². The molecule has 3 rings (SSSR count). The van der Waals surface area contributed by atoms with E-state index in [4.69, 9.17) is 20.5 Å². The van der Waals surface area contributed by atoms with Gasteiger partial charge in [-0.05, 0) is 32.0 Å². The summed E-state index contributed by atoms with van der Waals surface area (Å²) in [5.41, 5.74) is 1.99. The van der Waals surface area contributed by atoms with Crippen molar-refractivity contribution in [1.82, 2.24) is 10.1 Å². The van der Waals surface area contributed by atoms with Crippen molar-refractivity contribution < 1.29 is 13.7 Å². The Labute approximate surface area is 135 Å². The number of anilines is 1. The maximum absolute atomic E-state index is 12.1. The molecule has 114 valence electrons. The predicted molar refractivity (Wildman–Crippen MR) is 84.2 cm³/mol. The average molecular weight is 338 g/mol. The van der Waals surface area contributed by atoms with E-state index in [1.807, 2.05) is 0 Å². The van der Waals surface area contributed by atoms with Gasteiger partial charge in [0.1, 0.15) is 5.52 Å². The van der Waals surface area contributed by atoms with Crippen molar-refractivity contribution >= 4 is 46.3 Å². The zero-order valence-electron chi connectivity index (χ0n) is 11.8. The van der Waals surface area contributed by atoms with Crippen LogP contribution in [0, 0.1) is 6.92 Å². The number of hydrogen-bond donors (Lipinski definition) is 1. The number of thioether (sulfide) groups is 1. The van der Waals surface area contributed by atoms with Crippen LogP contribution in [0.3, 0.4) is 0 Å². The van der Waals surface area contributed by atoms with Gasteiger partial charge < -0.3 is 8.94 Å². The molecule has 1 amide bonds. The molecule has 0 bridgehead atoms. The number of amides is 1. The zero-order valence-corrected chi connectivity index (χ0v) is 13.4. The number of aryl methyl sites for hydroxylation is 1. The number of hydrogen-bond acceptors (Lipinski definition) is 6. The van der Waals surface area contributed by atoms with E-state index in [1.165, 1.54) is 11.8 Å². The molecule has 6 nitrogen and oxygen atoms in total. The number of benzene rings is 1. The lowest BCUT2D eigenvalue weighted by molar-refractivity contribution is -0.115. The van der Waals surface area contributed by atoms with Gasteiger partial charge in [-0.2, -0.15) is 0 Å². The van der Waals surface area contributed by atoms with Crippen molar-refractivity contribution in [3.05, 3.63) is 35.0 Å². The van der Waals surface area contributed by atoms with Crippen LogP contribution < -0.4 is 5.32 Å². The number of halogens is 1. The second-order valence-electron chi connectivity index (χ2n) is 4.67. The third-order valence-electron chi connectivity index (χ3n) is 2.85. The van der Waals surface area contributed by atoms with Crippen LogP contribution in [-0.2, 0) is 4.79 Å². The molecule has 0 aliphatic rings. The first-order valence-electron chi connectivity index (χ1n) is 6.48. The Morgan fingerprint density at radius 2 is 2.23 bits per heavy atom. The number of aromatic nitrogens is 2. The molecule has 0 spiro atoms. The van der Waals surface area contributed by atoms with Gasteiger partial charge in [0.2, 0.25) is 11.8 Å². The molecule has 0 fully saturated rings. The number of nitrogens with zero attached hydrogens (tertiary/aromatic N) is 2. The molecule has 0 saturated heterocycles. The summed E-state index contributed by atoms with van der Waals surface area (Å²) in [6.07, 6.45) is 0. The smallest absolute Gasteiger partial charge is 0.257 e. The molecule has 0 radical (unpaired) electrons.